The molecule has 1 aromatic rings. The van der Waals surface area contributed by atoms with Crippen molar-refractivity contribution in [2.75, 3.05) is 19.7 Å². The summed E-state index contributed by atoms with van der Waals surface area (Å²) >= 11 is 6.01. The standard InChI is InChI=1S/C15H22ClNO2/c1-12-6-4-5-9-17(12)10-13(18)11-19-15-8-3-2-7-14(15)16/h2-3,7-8,12-13,18H,4-6,9-11H2,1H3. The van der Waals surface area contributed by atoms with Gasteiger partial charge in [0.05, 0.1) is 5.02 Å². The van der Waals surface area contributed by atoms with Crippen molar-refractivity contribution in [2.24, 2.45) is 0 Å². The van der Waals surface area contributed by atoms with Crippen molar-refractivity contribution >= 4 is 11.6 Å². The van der Waals surface area contributed by atoms with Gasteiger partial charge in [0.15, 0.2) is 0 Å². The van der Waals surface area contributed by atoms with E-state index in [0.717, 1.165) is 6.54 Å². The maximum Gasteiger partial charge on any atom is 0.138 e. The fourth-order valence-electron chi connectivity index (χ4n) is 2.50. The number of hydrogen-bond donors (Lipinski definition) is 1. The Bertz CT molecular complexity index is 399. The predicted molar refractivity (Wildman–Crippen MR) is 77.8 cm³/mol. The van der Waals surface area contributed by atoms with Gasteiger partial charge in [0.2, 0.25) is 0 Å². The second-order valence-electron chi connectivity index (χ2n) is 5.23. The van der Waals surface area contributed by atoms with E-state index in [2.05, 4.69) is 11.8 Å². The number of aliphatic hydroxyl groups is 1. The Morgan fingerprint density at radius 2 is 2.21 bits per heavy atom. The Morgan fingerprint density at radius 1 is 1.42 bits per heavy atom. The molecule has 0 aliphatic carbocycles. The molecule has 1 fully saturated rings. The lowest BCUT2D eigenvalue weighted by molar-refractivity contribution is 0.0438. The molecule has 1 N–H and O–H groups in total. The van der Waals surface area contributed by atoms with E-state index in [1.54, 1.807) is 6.07 Å². The highest BCUT2D eigenvalue weighted by molar-refractivity contribution is 6.32. The summed E-state index contributed by atoms with van der Waals surface area (Å²) in [7, 11) is 0. The maximum absolute atomic E-state index is 10.1. The van der Waals surface area contributed by atoms with Crippen LogP contribution in [0.3, 0.4) is 0 Å². The number of aliphatic hydroxyl groups excluding tert-OH is 1. The van der Waals surface area contributed by atoms with E-state index in [-0.39, 0.29) is 6.61 Å². The van der Waals surface area contributed by atoms with Gasteiger partial charge in [-0.3, -0.25) is 4.90 Å². The molecule has 0 amide bonds. The third-order valence-corrected chi connectivity index (χ3v) is 3.97. The number of ether oxygens (including phenoxy) is 1. The molecular weight excluding hydrogens is 262 g/mol. The molecule has 0 saturated carbocycles. The van der Waals surface area contributed by atoms with Crippen LogP contribution in [0.4, 0.5) is 0 Å². The van der Waals surface area contributed by atoms with E-state index in [0.29, 0.717) is 23.4 Å². The molecule has 4 heteroatoms. The number of para-hydroxylation sites is 1. The SMILES string of the molecule is CC1CCCCN1CC(O)COc1ccccc1Cl. The van der Waals surface area contributed by atoms with Crippen LogP contribution in [0.15, 0.2) is 24.3 Å². The molecule has 0 radical (unpaired) electrons. The van der Waals surface area contributed by atoms with E-state index in [4.69, 9.17) is 16.3 Å². The summed E-state index contributed by atoms with van der Waals surface area (Å²) in [6, 6.07) is 7.90. The number of β-amino-alcohol motifs (C(OH)–C–C–N with tert-alkyl or cyclic N) is 1. The summed E-state index contributed by atoms with van der Waals surface area (Å²) in [6.07, 6.45) is 3.27. The van der Waals surface area contributed by atoms with Gasteiger partial charge in [0.25, 0.3) is 0 Å². The molecular formula is C15H22ClNO2. The number of likely N-dealkylation sites (tertiary alicyclic amines) is 1. The first kappa shape index (κ1) is 14.6. The van der Waals surface area contributed by atoms with Gasteiger partial charge in [-0.25, -0.2) is 0 Å². The molecule has 106 valence electrons. The van der Waals surface area contributed by atoms with Crippen LogP contribution in [0.25, 0.3) is 0 Å². The Morgan fingerprint density at radius 3 is 2.95 bits per heavy atom. The van der Waals surface area contributed by atoms with Crippen molar-refractivity contribution in [3.8, 4) is 5.75 Å². The fraction of sp³-hybridized carbons (Fsp3) is 0.600. The summed E-state index contributed by atoms with van der Waals surface area (Å²) in [6.45, 7) is 4.25. The minimum absolute atomic E-state index is 0.285. The van der Waals surface area contributed by atoms with Gasteiger partial charge in [0, 0.05) is 12.6 Å². The first-order valence-electron chi connectivity index (χ1n) is 6.96. The predicted octanol–water partition coefficient (Wildman–Crippen LogP) is 2.95. The Hall–Kier alpha value is -0.770. The van der Waals surface area contributed by atoms with Crippen molar-refractivity contribution in [3.05, 3.63) is 29.3 Å². The monoisotopic (exact) mass is 283 g/mol. The number of halogens is 1. The van der Waals surface area contributed by atoms with Gasteiger partial charge in [0.1, 0.15) is 18.5 Å². The van der Waals surface area contributed by atoms with Crippen molar-refractivity contribution in [1.29, 1.82) is 0 Å². The first-order valence-corrected chi connectivity index (χ1v) is 7.34. The second-order valence-corrected chi connectivity index (χ2v) is 5.64. The molecule has 1 aromatic carbocycles. The van der Waals surface area contributed by atoms with Gasteiger partial charge in [-0.05, 0) is 38.4 Å². The van der Waals surface area contributed by atoms with E-state index >= 15 is 0 Å². The lowest BCUT2D eigenvalue weighted by atomic mass is 10.0. The van der Waals surface area contributed by atoms with Crippen LogP contribution >= 0.6 is 11.6 Å². The van der Waals surface area contributed by atoms with Crippen molar-refractivity contribution in [3.63, 3.8) is 0 Å². The number of nitrogens with zero attached hydrogens (tertiary/aromatic N) is 1. The van der Waals surface area contributed by atoms with Gasteiger partial charge in [-0.1, -0.05) is 30.2 Å². The topological polar surface area (TPSA) is 32.7 Å². The van der Waals surface area contributed by atoms with Gasteiger partial charge >= 0.3 is 0 Å². The molecule has 2 rings (SSSR count). The molecule has 0 spiro atoms. The van der Waals surface area contributed by atoms with Crippen LogP contribution in [0, 0.1) is 0 Å². The van der Waals surface area contributed by atoms with Crippen LogP contribution in [0.5, 0.6) is 5.75 Å². The first-order chi connectivity index (χ1) is 9.16. The van der Waals surface area contributed by atoms with Gasteiger partial charge in [-0.15, -0.1) is 0 Å². The van der Waals surface area contributed by atoms with E-state index in [1.807, 2.05) is 18.2 Å². The Labute approximate surface area is 120 Å². The lowest BCUT2D eigenvalue weighted by Gasteiger charge is -2.34. The summed E-state index contributed by atoms with van der Waals surface area (Å²) in [5.41, 5.74) is 0. The van der Waals surface area contributed by atoms with E-state index in [9.17, 15) is 5.11 Å². The lowest BCUT2D eigenvalue weighted by Crippen LogP contribution is -2.43. The average Bonchev–Trinajstić information content (AvgIpc) is 2.40. The third-order valence-electron chi connectivity index (χ3n) is 3.65. The number of piperidine rings is 1. The zero-order valence-electron chi connectivity index (χ0n) is 11.4. The fourth-order valence-corrected chi connectivity index (χ4v) is 2.69. The van der Waals surface area contributed by atoms with Crippen LogP contribution in [0.2, 0.25) is 5.02 Å². The normalized spacial score (nSPS) is 22.2. The van der Waals surface area contributed by atoms with Crippen molar-refractivity contribution in [1.82, 2.24) is 4.90 Å². The van der Waals surface area contributed by atoms with Gasteiger partial charge in [-0.2, -0.15) is 0 Å². The van der Waals surface area contributed by atoms with Crippen molar-refractivity contribution < 1.29 is 9.84 Å². The zero-order chi connectivity index (χ0) is 13.7. The molecule has 1 saturated heterocycles. The summed E-state index contributed by atoms with van der Waals surface area (Å²) < 4.78 is 5.57. The smallest absolute Gasteiger partial charge is 0.138 e. The molecule has 0 bridgehead atoms. The van der Waals surface area contributed by atoms with Crippen molar-refractivity contribution in [2.45, 2.75) is 38.3 Å². The number of benzene rings is 1. The third kappa shape index (κ3) is 4.37. The minimum atomic E-state index is -0.475. The van der Waals surface area contributed by atoms with E-state index in [1.165, 1.54) is 19.3 Å². The minimum Gasteiger partial charge on any atom is -0.489 e. The highest BCUT2D eigenvalue weighted by Crippen LogP contribution is 2.23. The molecule has 2 unspecified atom stereocenters. The molecule has 0 aromatic heterocycles. The molecule has 2 atom stereocenters. The van der Waals surface area contributed by atoms with Crippen LogP contribution in [-0.2, 0) is 0 Å². The Kier molecular flexibility index (Phi) is 5.49. The van der Waals surface area contributed by atoms with Gasteiger partial charge < -0.3 is 9.84 Å². The largest absolute Gasteiger partial charge is 0.489 e. The van der Waals surface area contributed by atoms with Crippen LogP contribution in [-0.4, -0.2) is 41.8 Å². The quantitative estimate of drug-likeness (QED) is 0.902. The molecule has 1 aliphatic rings. The number of rotatable bonds is 5. The Balaban J connectivity index is 1.78. The molecule has 19 heavy (non-hydrogen) atoms. The summed E-state index contributed by atoms with van der Waals surface area (Å²) in [4.78, 5) is 2.34. The summed E-state index contributed by atoms with van der Waals surface area (Å²) in [5.74, 6) is 0.634. The van der Waals surface area contributed by atoms with Crippen LogP contribution < -0.4 is 4.74 Å². The number of hydrogen-bond acceptors (Lipinski definition) is 3. The van der Waals surface area contributed by atoms with E-state index < -0.39 is 6.10 Å². The summed E-state index contributed by atoms with van der Waals surface area (Å²) in [5, 5.41) is 10.6. The highest BCUT2D eigenvalue weighted by Gasteiger charge is 2.21. The maximum atomic E-state index is 10.1. The average molecular weight is 284 g/mol. The van der Waals surface area contributed by atoms with Crippen LogP contribution in [0.1, 0.15) is 26.2 Å². The zero-order valence-corrected chi connectivity index (χ0v) is 12.1. The molecule has 1 heterocycles. The second kappa shape index (κ2) is 7.13. The highest BCUT2D eigenvalue weighted by atomic mass is 35.5. The molecule has 1 aliphatic heterocycles. The molecule has 3 nitrogen and oxygen atoms in total.